The largest absolute Gasteiger partial charge is 1.00 e. The molecular weight excluding hydrogens is 107 g/mol. The minimum atomic E-state index is 0. The van der Waals surface area contributed by atoms with Crippen molar-refractivity contribution in [3.8, 4) is 0 Å². The van der Waals surface area contributed by atoms with E-state index in [0.717, 1.165) is 0 Å². The molecule has 0 amide bonds. The fourth-order valence-corrected chi connectivity index (χ4v) is 0. The zero-order valence-electron chi connectivity index (χ0n) is 3.23. The third-order valence-corrected chi connectivity index (χ3v) is 0. The van der Waals surface area contributed by atoms with Gasteiger partial charge in [0.2, 0.25) is 0 Å². The molecule has 0 saturated carbocycles. The first kappa shape index (κ1) is 9.14. The molecule has 0 aromatic rings. The van der Waals surface area contributed by atoms with Gasteiger partial charge in [-0.2, -0.15) is 0 Å². The second kappa shape index (κ2) is 8.82. The van der Waals surface area contributed by atoms with Crippen LogP contribution in [-0.2, 0) is 3.74 Å². The van der Waals surface area contributed by atoms with Gasteiger partial charge in [-0.3, -0.25) is 0 Å². The average molecular weight is 109 g/mol. The van der Waals surface area contributed by atoms with Crippen LogP contribution in [0.2, 0.25) is 0 Å². The summed E-state index contributed by atoms with van der Waals surface area (Å²) in [6.45, 7) is 0. The third-order valence-electron chi connectivity index (χ3n) is 0. The smallest absolute Gasteiger partial charge is 1.00 e. The van der Waals surface area contributed by atoms with Gasteiger partial charge in [0, 0.05) is 0 Å². The van der Waals surface area contributed by atoms with Crippen molar-refractivity contribution >= 4 is 24.8 Å². The maximum atomic E-state index is 4.36. The van der Waals surface area contributed by atoms with Gasteiger partial charge in [-0.15, -0.1) is 0 Å². The quantitative estimate of drug-likeness (QED) is 0.217. The average Bonchev–Trinajstić information content (AvgIpc) is 0.918. The first-order valence-corrected chi connectivity index (χ1v) is 1.01. The Morgan fingerprint density at radius 3 is 2.00 bits per heavy atom. The normalized spacial score (nSPS) is 4.50. The first-order valence-electron chi connectivity index (χ1n) is 0.337. The topological polar surface area (TPSA) is 9.23 Å². The van der Waals surface area contributed by atoms with E-state index in [4.69, 9.17) is 0 Å². The molecule has 0 spiro atoms. The van der Waals surface area contributed by atoms with Crippen molar-refractivity contribution in [3.05, 3.63) is 0 Å². The van der Waals surface area contributed by atoms with Crippen LogP contribution in [0.5, 0.6) is 0 Å². The van der Waals surface area contributed by atoms with Crippen LogP contribution in [0.25, 0.3) is 0 Å². The Hall–Kier alpha value is 1.60. The molecule has 0 fully saturated rings. The molecule has 4 heteroatoms. The maximum absolute atomic E-state index is 4.36. The monoisotopic (exact) mass is 108 g/mol. The van der Waals surface area contributed by atoms with Crippen molar-refractivity contribution in [1.82, 2.24) is 0 Å². The van der Waals surface area contributed by atoms with E-state index in [0.29, 0.717) is 0 Å². The molecule has 0 atom stereocenters. The summed E-state index contributed by atoms with van der Waals surface area (Å²) in [4.78, 5) is 0. The zero-order chi connectivity index (χ0) is 2.71. The minimum Gasteiger partial charge on any atom is -1.00 e. The van der Waals surface area contributed by atoms with Gasteiger partial charge in [-0.1, -0.05) is 0 Å². The number of halogens is 1. The van der Waals surface area contributed by atoms with E-state index >= 15 is 0 Å². The van der Waals surface area contributed by atoms with Crippen molar-refractivity contribution < 1.29 is 34.7 Å². The van der Waals surface area contributed by atoms with Crippen LogP contribution in [0.4, 0.5) is 0 Å². The number of rotatable bonds is 0. The second-order valence-electron chi connectivity index (χ2n) is 0.0690. The molecule has 0 unspecified atom stereocenters. The van der Waals surface area contributed by atoms with Gasteiger partial charge in [-0.25, -0.2) is 3.74 Å². The van der Waals surface area contributed by atoms with Gasteiger partial charge in [-0.05, 0) is 12.9 Å². The van der Waals surface area contributed by atoms with Crippen LogP contribution >= 0.6 is 24.8 Å². The Labute approximate surface area is 59.2 Å². The van der Waals surface area contributed by atoms with E-state index in [9.17, 15) is 0 Å². The number of thiol groups is 1. The second-order valence-corrected chi connectivity index (χ2v) is 0.621. The summed E-state index contributed by atoms with van der Waals surface area (Å²) < 4.78 is 3.42. The zero-order valence-corrected chi connectivity index (χ0v) is 5.88. The van der Waals surface area contributed by atoms with Crippen LogP contribution in [0.15, 0.2) is 0 Å². The van der Waals surface area contributed by atoms with Gasteiger partial charge in [0.15, 0.2) is 0 Å². The molecule has 0 aliphatic heterocycles. The Morgan fingerprint density at radius 1 is 2.00 bits per heavy atom. The molecule has 0 N–H and O–H groups in total. The standard InChI is InChI=1S/ClHOS.Na.H/c1-2-3;;/h3H;;/q;+1;-1. The van der Waals surface area contributed by atoms with E-state index in [1.54, 1.807) is 0 Å². The molecule has 0 rings (SSSR count). The van der Waals surface area contributed by atoms with Crippen molar-refractivity contribution in [3.63, 3.8) is 0 Å². The Bertz CT molecular complexity index is 11.6. The molecular formula is H2ClNaOS. The summed E-state index contributed by atoms with van der Waals surface area (Å²) in [6.07, 6.45) is 0. The van der Waals surface area contributed by atoms with E-state index in [2.05, 4.69) is 28.5 Å². The van der Waals surface area contributed by atoms with Crippen molar-refractivity contribution in [2.45, 2.75) is 0 Å². The molecule has 0 radical (unpaired) electrons. The summed E-state index contributed by atoms with van der Waals surface area (Å²) in [7, 11) is 0. The molecule has 0 saturated heterocycles. The molecule has 4 heavy (non-hydrogen) atoms. The van der Waals surface area contributed by atoms with Gasteiger partial charge >= 0.3 is 29.6 Å². The summed E-state index contributed by atoms with van der Waals surface area (Å²) in [5, 5.41) is 0. The Balaban J connectivity index is -0.0000000200. The van der Waals surface area contributed by atoms with Crippen LogP contribution < -0.4 is 29.6 Å². The van der Waals surface area contributed by atoms with Crippen molar-refractivity contribution in [1.29, 1.82) is 0 Å². The summed E-state index contributed by atoms with van der Waals surface area (Å²) in [5.74, 6) is 0. The van der Waals surface area contributed by atoms with Crippen LogP contribution in [0, 0.1) is 0 Å². The van der Waals surface area contributed by atoms with E-state index < -0.39 is 0 Å². The molecule has 0 aromatic heterocycles. The maximum Gasteiger partial charge on any atom is 1.00 e. The molecule has 1 nitrogen and oxygen atoms in total. The first-order chi connectivity index (χ1) is 1.41. The third kappa shape index (κ3) is 9.51. The van der Waals surface area contributed by atoms with Crippen LogP contribution in [-0.4, -0.2) is 0 Å². The molecule has 0 heterocycles. The number of hydrogen-bond donors (Lipinski definition) is 1. The van der Waals surface area contributed by atoms with E-state index in [1.165, 1.54) is 0 Å². The predicted octanol–water partition coefficient (Wildman–Crippen LogP) is -1.88. The van der Waals surface area contributed by atoms with Crippen LogP contribution in [0.3, 0.4) is 0 Å². The summed E-state index contributed by atoms with van der Waals surface area (Å²) >= 11 is 7.42. The molecule has 0 aliphatic rings. The predicted molar refractivity (Wildman–Crippen MR) is 17.0 cm³/mol. The van der Waals surface area contributed by atoms with Crippen LogP contribution in [0.1, 0.15) is 1.43 Å². The van der Waals surface area contributed by atoms with E-state index in [1.807, 2.05) is 0 Å². The summed E-state index contributed by atoms with van der Waals surface area (Å²) in [6, 6.07) is 0. The fraction of sp³-hybridized carbons (Fsp3) is 0. The van der Waals surface area contributed by atoms with Crippen molar-refractivity contribution in [2.75, 3.05) is 0 Å². The van der Waals surface area contributed by atoms with Gasteiger partial charge in [0.05, 0.1) is 11.9 Å². The van der Waals surface area contributed by atoms with Crippen molar-refractivity contribution in [2.24, 2.45) is 0 Å². The van der Waals surface area contributed by atoms with Gasteiger partial charge in [0.1, 0.15) is 0 Å². The number of hydrogen-bond acceptors (Lipinski definition) is 2. The molecule has 22 valence electrons. The molecule has 0 bridgehead atoms. The molecule has 0 aliphatic carbocycles. The Kier molecular flexibility index (Phi) is 20.2. The summed E-state index contributed by atoms with van der Waals surface area (Å²) in [5.41, 5.74) is 0. The van der Waals surface area contributed by atoms with Gasteiger partial charge < -0.3 is 1.43 Å². The fourth-order valence-electron chi connectivity index (χ4n) is 0. The molecule has 0 aromatic carbocycles. The minimum absolute atomic E-state index is 0. The SMILES string of the molecule is SOCl.[H-].[Na+]. The van der Waals surface area contributed by atoms with E-state index in [-0.39, 0.29) is 31.0 Å². The Morgan fingerprint density at radius 2 is 2.00 bits per heavy atom. The van der Waals surface area contributed by atoms with Gasteiger partial charge in [0.25, 0.3) is 0 Å².